The smallest absolute Gasteiger partial charge is 0.161 e. The van der Waals surface area contributed by atoms with E-state index < -0.39 is 6.10 Å². The second-order valence-corrected chi connectivity index (χ2v) is 7.46. The number of ether oxygens (including phenoxy) is 2. The molecule has 0 bridgehead atoms. The highest BCUT2D eigenvalue weighted by Gasteiger charge is 2.39. The van der Waals surface area contributed by atoms with Crippen molar-refractivity contribution in [3.05, 3.63) is 47.3 Å². The standard InChI is InChI=1S/C22H22FNO3.ClH/c1-26-19-9-15-14-8-12(23)5-6-13(14)21-17(16(15)10-20(19)27-2)11-24-7-3-4-18(24)22(21)25;/h5-6,8-10,18,22,25H,3-4,7,11H2,1-2H3;1H/t18-,22+;/m1./s1. The quantitative estimate of drug-likeness (QED) is 0.636. The monoisotopic (exact) mass is 403 g/mol. The lowest BCUT2D eigenvalue weighted by Gasteiger charge is -2.37. The summed E-state index contributed by atoms with van der Waals surface area (Å²) >= 11 is 0. The zero-order valence-electron chi connectivity index (χ0n) is 15.9. The molecule has 1 N–H and O–H groups in total. The third-order valence-corrected chi connectivity index (χ3v) is 6.17. The molecule has 1 saturated heterocycles. The largest absolute Gasteiger partial charge is 0.493 e. The SMILES string of the molecule is COc1cc2c3c(c4ccc(F)cc4c2cc1OC)[C@@H](O)[C@H]1CCCN1C3.Cl. The lowest BCUT2D eigenvalue weighted by molar-refractivity contribution is 0.0552. The van der Waals surface area contributed by atoms with Gasteiger partial charge in [0.15, 0.2) is 11.5 Å². The molecule has 2 aliphatic rings. The molecule has 5 rings (SSSR count). The fourth-order valence-corrected chi connectivity index (χ4v) is 4.94. The Labute approximate surface area is 169 Å². The fourth-order valence-electron chi connectivity index (χ4n) is 4.94. The number of rotatable bonds is 2. The van der Waals surface area contributed by atoms with Crippen molar-refractivity contribution in [3.63, 3.8) is 0 Å². The molecule has 1 fully saturated rings. The molecule has 6 heteroatoms. The Balaban J connectivity index is 0.00000192. The van der Waals surface area contributed by atoms with Crippen LogP contribution in [0.2, 0.25) is 0 Å². The topological polar surface area (TPSA) is 41.9 Å². The van der Waals surface area contributed by atoms with Crippen molar-refractivity contribution in [2.45, 2.75) is 31.5 Å². The predicted molar refractivity (Wildman–Crippen MR) is 110 cm³/mol. The number of halogens is 2. The van der Waals surface area contributed by atoms with Gasteiger partial charge in [0.2, 0.25) is 0 Å². The molecule has 3 aromatic rings. The van der Waals surface area contributed by atoms with Crippen molar-refractivity contribution in [2.75, 3.05) is 20.8 Å². The molecular weight excluding hydrogens is 381 g/mol. The molecule has 0 radical (unpaired) electrons. The van der Waals surface area contributed by atoms with Crippen LogP contribution in [0, 0.1) is 5.82 Å². The van der Waals surface area contributed by atoms with E-state index in [1.807, 2.05) is 12.1 Å². The summed E-state index contributed by atoms with van der Waals surface area (Å²) in [6.45, 7) is 1.79. The highest BCUT2D eigenvalue weighted by atomic mass is 35.5. The zero-order chi connectivity index (χ0) is 18.7. The lowest BCUT2D eigenvalue weighted by atomic mass is 9.83. The molecule has 0 aliphatic carbocycles. The van der Waals surface area contributed by atoms with E-state index in [2.05, 4.69) is 4.90 Å². The van der Waals surface area contributed by atoms with Gasteiger partial charge in [0.25, 0.3) is 0 Å². The summed E-state index contributed by atoms with van der Waals surface area (Å²) in [7, 11) is 3.21. The van der Waals surface area contributed by atoms with Crippen LogP contribution in [0.25, 0.3) is 21.5 Å². The van der Waals surface area contributed by atoms with Gasteiger partial charge in [-0.1, -0.05) is 6.07 Å². The molecule has 0 aromatic heterocycles. The van der Waals surface area contributed by atoms with Crippen molar-refractivity contribution < 1.29 is 19.0 Å². The van der Waals surface area contributed by atoms with Crippen LogP contribution in [-0.4, -0.2) is 36.8 Å². The maximum Gasteiger partial charge on any atom is 0.161 e. The lowest BCUT2D eigenvalue weighted by Crippen LogP contribution is -2.39. The third kappa shape index (κ3) is 2.65. The number of methoxy groups -OCH3 is 2. The van der Waals surface area contributed by atoms with E-state index in [0.29, 0.717) is 11.5 Å². The van der Waals surface area contributed by atoms with E-state index in [4.69, 9.17) is 9.47 Å². The molecule has 2 aliphatic heterocycles. The van der Waals surface area contributed by atoms with Gasteiger partial charge in [0, 0.05) is 12.6 Å². The molecule has 0 amide bonds. The van der Waals surface area contributed by atoms with Gasteiger partial charge in [-0.25, -0.2) is 4.39 Å². The van der Waals surface area contributed by atoms with Crippen LogP contribution in [-0.2, 0) is 6.54 Å². The van der Waals surface area contributed by atoms with Gasteiger partial charge in [0.05, 0.1) is 20.3 Å². The minimum absolute atomic E-state index is 0. The Hall–Kier alpha value is -2.08. The maximum absolute atomic E-state index is 14.1. The molecule has 0 spiro atoms. The zero-order valence-corrected chi connectivity index (χ0v) is 16.7. The highest BCUT2D eigenvalue weighted by molar-refractivity contribution is 6.12. The first-order valence-electron chi connectivity index (χ1n) is 9.34. The average molecular weight is 404 g/mol. The summed E-state index contributed by atoms with van der Waals surface area (Å²) in [4.78, 5) is 2.36. The van der Waals surface area contributed by atoms with E-state index in [-0.39, 0.29) is 24.3 Å². The first-order valence-corrected chi connectivity index (χ1v) is 9.34. The van der Waals surface area contributed by atoms with Gasteiger partial charge in [-0.2, -0.15) is 0 Å². The summed E-state index contributed by atoms with van der Waals surface area (Å²) in [5.74, 6) is 0.971. The van der Waals surface area contributed by atoms with Crippen LogP contribution in [0.1, 0.15) is 30.1 Å². The molecule has 0 unspecified atom stereocenters. The molecule has 0 saturated carbocycles. The second-order valence-electron chi connectivity index (χ2n) is 7.46. The van der Waals surface area contributed by atoms with Crippen LogP contribution >= 0.6 is 12.4 Å². The second kappa shape index (κ2) is 7.07. The number of benzene rings is 3. The van der Waals surface area contributed by atoms with Gasteiger partial charge in [-0.3, -0.25) is 4.90 Å². The van der Waals surface area contributed by atoms with E-state index >= 15 is 0 Å². The average Bonchev–Trinajstić information content (AvgIpc) is 3.16. The fraction of sp³-hybridized carbons (Fsp3) is 0.364. The summed E-state index contributed by atoms with van der Waals surface area (Å²) in [5.41, 5.74) is 2.04. The van der Waals surface area contributed by atoms with Crippen molar-refractivity contribution in [2.24, 2.45) is 0 Å². The summed E-state index contributed by atoms with van der Waals surface area (Å²) in [6, 6.07) is 8.84. The molecular formula is C22H23ClFNO3. The predicted octanol–water partition coefficient (Wildman–Crippen LogP) is 4.58. The van der Waals surface area contributed by atoms with E-state index in [1.54, 1.807) is 26.4 Å². The minimum atomic E-state index is -0.568. The number of aliphatic hydroxyl groups is 1. The van der Waals surface area contributed by atoms with E-state index in [0.717, 1.165) is 58.6 Å². The summed E-state index contributed by atoms with van der Waals surface area (Å²) in [5, 5.41) is 14.8. The van der Waals surface area contributed by atoms with Crippen LogP contribution in [0.3, 0.4) is 0 Å². The van der Waals surface area contributed by atoms with Crippen molar-refractivity contribution in [3.8, 4) is 11.5 Å². The summed E-state index contributed by atoms with van der Waals surface area (Å²) in [6.07, 6.45) is 1.52. The van der Waals surface area contributed by atoms with E-state index in [1.165, 1.54) is 6.07 Å². The molecule has 2 atom stereocenters. The minimum Gasteiger partial charge on any atom is -0.493 e. The Morgan fingerprint density at radius 3 is 2.39 bits per heavy atom. The first kappa shape index (κ1) is 19.2. The number of hydrogen-bond acceptors (Lipinski definition) is 4. The summed E-state index contributed by atoms with van der Waals surface area (Å²) < 4.78 is 25.1. The Bertz CT molecular complexity index is 1070. The van der Waals surface area contributed by atoms with E-state index in [9.17, 15) is 9.50 Å². The highest BCUT2D eigenvalue weighted by Crippen LogP contribution is 2.46. The molecule has 3 aromatic carbocycles. The molecule has 2 heterocycles. The van der Waals surface area contributed by atoms with Gasteiger partial charge in [0.1, 0.15) is 5.82 Å². The van der Waals surface area contributed by atoms with Crippen LogP contribution < -0.4 is 9.47 Å². The molecule has 4 nitrogen and oxygen atoms in total. The number of nitrogens with zero attached hydrogens (tertiary/aromatic N) is 1. The van der Waals surface area contributed by atoms with Crippen molar-refractivity contribution in [1.82, 2.24) is 4.90 Å². The number of fused-ring (bicyclic) bond motifs is 7. The Morgan fingerprint density at radius 1 is 1.00 bits per heavy atom. The normalized spacial score (nSPS) is 21.3. The van der Waals surface area contributed by atoms with Crippen LogP contribution in [0.15, 0.2) is 30.3 Å². The van der Waals surface area contributed by atoms with Crippen molar-refractivity contribution in [1.29, 1.82) is 0 Å². The number of aliphatic hydroxyl groups excluding tert-OH is 1. The van der Waals surface area contributed by atoms with Gasteiger partial charge < -0.3 is 14.6 Å². The van der Waals surface area contributed by atoms with Gasteiger partial charge in [-0.15, -0.1) is 12.4 Å². The molecule has 148 valence electrons. The van der Waals surface area contributed by atoms with Crippen molar-refractivity contribution >= 4 is 34.0 Å². The first-order chi connectivity index (χ1) is 13.1. The van der Waals surface area contributed by atoms with Crippen LogP contribution in [0.4, 0.5) is 4.39 Å². The number of hydrogen-bond donors (Lipinski definition) is 1. The van der Waals surface area contributed by atoms with Gasteiger partial charge >= 0.3 is 0 Å². The third-order valence-electron chi connectivity index (χ3n) is 6.17. The Kier molecular flexibility index (Phi) is 4.86. The van der Waals surface area contributed by atoms with Gasteiger partial charge in [-0.05, 0) is 76.3 Å². The molecule has 28 heavy (non-hydrogen) atoms. The Morgan fingerprint density at radius 2 is 1.68 bits per heavy atom. The van der Waals surface area contributed by atoms with Crippen LogP contribution in [0.5, 0.6) is 11.5 Å². The maximum atomic E-state index is 14.1.